The number of H-pyrrole nitrogens is 1. The van der Waals surface area contributed by atoms with Crippen molar-refractivity contribution in [1.29, 1.82) is 0 Å². The predicted molar refractivity (Wildman–Crippen MR) is 82.2 cm³/mol. The number of aromatic amines is 1. The number of carboxylic acids is 1. The molecule has 0 aliphatic carbocycles. The first-order valence-electron chi connectivity index (χ1n) is 6.93. The molecule has 24 heavy (non-hydrogen) atoms. The van der Waals surface area contributed by atoms with Gasteiger partial charge in [0.15, 0.2) is 17.2 Å². The van der Waals surface area contributed by atoms with Gasteiger partial charge in [0, 0.05) is 26.2 Å². The smallest absolute Gasteiger partial charge is 0.353 e. The topological polar surface area (TPSA) is 156 Å². The predicted octanol–water partition coefficient (Wildman–Crippen LogP) is -0.398. The van der Waals surface area contributed by atoms with Crippen LogP contribution < -0.4 is 5.73 Å². The number of amides is 1. The number of nitrogens with two attached hydrogens (primary N) is 1. The van der Waals surface area contributed by atoms with Gasteiger partial charge in [-0.25, -0.2) is 19.7 Å². The van der Waals surface area contributed by atoms with E-state index in [0.29, 0.717) is 30.1 Å². The zero-order valence-electron chi connectivity index (χ0n) is 12.7. The van der Waals surface area contributed by atoms with E-state index in [9.17, 15) is 9.59 Å². The number of aromatic carboxylic acids is 1. The zero-order valence-corrected chi connectivity index (χ0v) is 12.7. The summed E-state index contributed by atoms with van der Waals surface area (Å²) in [6, 6.07) is 1.20. The maximum Gasteiger partial charge on any atom is 0.353 e. The van der Waals surface area contributed by atoms with Crippen molar-refractivity contribution < 1.29 is 14.7 Å². The van der Waals surface area contributed by atoms with Crippen molar-refractivity contribution in [2.24, 2.45) is 0 Å². The lowest BCUT2D eigenvalue weighted by Crippen LogP contribution is -2.30. The Morgan fingerprint density at radius 3 is 2.88 bits per heavy atom. The van der Waals surface area contributed by atoms with Crippen LogP contribution in [0.4, 0.5) is 5.82 Å². The number of fused-ring (bicyclic) bond motifs is 1. The number of nitrogens with one attached hydrogen (secondary N) is 1. The number of likely N-dealkylation sites (N-methyl/N-ethyl adjacent to an activating group) is 1. The summed E-state index contributed by atoms with van der Waals surface area (Å²) in [5.41, 5.74) is 6.71. The highest BCUT2D eigenvalue weighted by atomic mass is 16.4. The minimum absolute atomic E-state index is 0.0389. The van der Waals surface area contributed by atoms with E-state index in [1.807, 2.05) is 0 Å². The van der Waals surface area contributed by atoms with Gasteiger partial charge in [-0.15, -0.1) is 0 Å². The van der Waals surface area contributed by atoms with E-state index in [0.717, 1.165) is 0 Å². The first kappa shape index (κ1) is 15.4. The van der Waals surface area contributed by atoms with Gasteiger partial charge in [-0.2, -0.15) is 5.10 Å². The molecule has 0 unspecified atom stereocenters. The normalized spacial score (nSPS) is 10.9. The lowest BCUT2D eigenvalue weighted by Gasteiger charge is -2.16. The molecule has 3 heterocycles. The van der Waals surface area contributed by atoms with Crippen molar-refractivity contribution in [2.75, 3.05) is 19.3 Å². The van der Waals surface area contributed by atoms with E-state index in [-0.39, 0.29) is 11.4 Å². The maximum atomic E-state index is 12.2. The van der Waals surface area contributed by atoms with E-state index in [4.69, 9.17) is 10.8 Å². The quantitative estimate of drug-likeness (QED) is 0.570. The summed E-state index contributed by atoms with van der Waals surface area (Å²) in [5.74, 6) is -1.27. The van der Waals surface area contributed by atoms with Crippen molar-refractivity contribution in [3.8, 4) is 0 Å². The third kappa shape index (κ3) is 2.74. The van der Waals surface area contributed by atoms with Crippen molar-refractivity contribution in [1.82, 2.24) is 34.6 Å². The molecule has 0 spiro atoms. The molecule has 0 aliphatic rings. The molecule has 3 rings (SSSR count). The van der Waals surface area contributed by atoms with E-state index in [1.54, 1.807) is 17.9 Å². The zero-order chi connectivity index (χ0) is 17.3. The van der Waals surface area contributed by atoms with Crippen LogP contribution in [-0.4, -0.2) is 65.2 Å². The minimum atomic E-state index is -1.17. The molecular weight excluding hydrogens is 316 g/mol. The second kappa shape index (κ2) is 5.95. The Labute approximate surface area is 135 Å². The summed E-state index contributed by atoms with van der Waals surface area (Å²) in [5, 5.41) is 14.9. The van der Waals surface area contributed by atoms with Crippen LogP contribution in [0.3, 0.4) is 0 Å². The molecular formula is C13H14N8O3. The third-order valence-corrected chi connectivity index (χ3v) is 3.48. The molecule has 0 atom stereocenters. The van der Waals surface area contributed by atoms with Gasteiger partial charge in [0.2, 0.25) is 0 Å². The number of aromatic nitrogens is 6. The Morgan fingerprint density at radius 1 is 1.38 bits per heavy atom. The van der Waals surface area contributed by atoms with Gasteiger partial charge in [-0.1, -0.05) is 0 Å². The van der Waals surface area contributed by atoms with Gasteiger partial charge in [0.1, 0.15) is 17.5 Å². The highest BCUT2D eigenvalue weighted by Crippen LogP contribution is 2.14. The summed E-state index contributed by atoms with van der Waals surface area (Å²) in [6.45, 7) is 0.787. The van der Waals surface area contributed by atoms with E-state index >= 15 is 0 Å². The van der Waals surface area contributed by atoms with Crippen LogP contribution >= 0.6 is 0 Å². The molecule has 0 saturated carbocycles. The van der Waals surface area contributed by atoms with Crippen LogP contribution in [0.2, 0.25) is 0 Å². The molecule has 11 heteroatoms. The van der Waals surface area contributed by atoms with Crippen molar-refractivity contribution >= 4 is 28.9 Å². The minimum Gasteiger partial charge on any atom is -0.477 e. The molecule has 0 aliphatic heterocycles. The first-order chi connectivity index (χ1) is 11.5. The molecule has 0 bridgehead atoms. The van der Waals surface area contributed by atoms with E-state index in [2.05, 4.69) is 25.1 Å². The molecule has 1 amide bonds. The SMILES string of the molecule is CN(CCn1cnc2c(N)ncnc21)C(=O)c1cc(C(=O)O)[nH]n1. The summed E-state index contributed by atoms with van der Waals surface area (Å²) in [7, 11) is 1.60. The van der Waals surface area contributed by atoms with Gasteiger partial charge in [-0.3, -0.25) is 9.89 Å². The molecule has 3 aromatic rings. The highest BCUT2D eigenvalue weighted by molar-refractivity contribution is 5.95. The number of hydrogen-bond acceptors (Lipinski definition) is 7. The Bertz CT molecular complexity index is 915. The average molecular weight is 330 g/mol. The summed E-state index contributed by atoms with van der Waals surface area (Å²) in [6.07, 6.45) is 2.92. The number of nitrogens with zero attached hydrogens (tertiary/aromatic N) is 6. The molecule has 0 saturated heterocycles. The fourth-order valence-electron chi connectivity index (χ4n) is 2.16. The van der Waals surface area contributed by atoms with Crippen LogP contribution in [0.1, 0.15) is 21.0 Å². The number of hydrogen-bond donors (Lipinski definition) is 3. The summed E-state index contributed by atoms with van der Waals surface area (Å²) >= 11 is 0. The highest BCUT2D eigenvalue weighted by Gasteiger charge is 2.18. The van der Waals surface area contributed by atoms with Crippen LogP contribution in [0.15, 0.2) is 18.7 Å². The maximum absolute atomic E-state index is 12.2. The molecule has 4 N–H and O–H groups in total. The van der Waals surface area contributed by atoms with Gasteiger partial charge >= 0.3 is 5.97 Å². The van der Waals surface area contributed by atoms with Crippen LogP contribution in [0.25, 0.3) is 11.2 Å². The molecule has 124 valence electrons. The third-order valence-electron chi connectivity index (χ3n) is 3.48. The Morgan fingerprint density at radius 2 is 2.17 bits per heavy atom. The molecule has 3 aromatic heterocycles. The van der Waals surface area contributed by atoms with Crippen LogP contribution in [0.5, 0.6) is 0 Å². The van der Waals surface area contributed by atoms with E-state index < -0.39 is 11.9 Å². The Balaban J connectivity index is 1.70. The number of carbonyl (C=O) groups excluding carboxylic acids is 1. The van der Waals surface area contributed by atoms with Crippen LogP contribution in [-0.2, 0) is 6.54 Å². The fourth-order valence-corrected chi connectivity index (χ4v) is 2.16. The van der Waals surface area contributed by atoms with E-state index in [1.165, 1.54) is 17.3 Å². The number of anilines is 1. The van der Waals surface area contributed by atoms with Gasteiger partial charge in [0.25, 0.3) is 5.91 Å². The van der Waals surface area contributed by atoms with Gasteiger partial charge in [0.05, 0.1) is 6.33 Å². The molecule has 11 nitrogen and oxygen atoms in total. The largest absolute Gasteiger partial charge is 0.477 e. The molecule has 0 aromatic carbocycles. The van der Waals surface area contributed by atoms with Crippen LogP contribution in [0, 0.1) is 0 Å². The Hall–Kier alpha value is -3.50. The first-order valence-corrected chi connectivity index (χ1v) is 6.93. The van der Waals surface area contributed by atoms with Gasteiger partial charge < -0.3 is 20.3 Å². The number of carboxylic acid groups (broad SMARTS) is 1. The lowest BCUT2D eigenvalue weighted by molar-refractivity contribution is 0.0690. The van der Waals surface area contributed by atoms with Crippen molar-refractivity contribution in [2.45, 2.75) is 6.54 Å². The molecule has 0 fully saturated rings. The number of carbonyl (C=O) groups is 2. The Kier molecular flexibility index (Phi) is 3.82. The monoisotopic (exact) mass is 330 g/mol. The summed E-state index contributed by atoms with van der Waals surface area (Å²) < 4.78 is 1.75. The lowest BCUT2D eigenvalue weighted by atomic mass is 10.3. The van der Waals surface area contributed by atoms with Crippen molar-refractivity contribution in [3.63, 3.8) is 0 Å². The summed E-state index contributed by atoms with van der Waals surface area (Å²) in [4.78, 5) is 36.6. The molecule has 0 radical (unpaired) electrons. The number of nitrogen functional groups attached to an aromatic ring is 1. The number of rotatable bonds is 5. The standard InChI is InChI=1S/C13H14N8O3/c1-20(12(22)7-4-8(13(23)24)19-18-7)2-3-21-6-17-9-10(14)15-5-16-11(9)21/h4-6H,2-3H2,1H3,(H,18,19)(H,23,24)(H2,14,15,16). The second-order valence-corrected chi connectivity index (χ2v) is 5.07. The average Bonchev–Trinajstić information content (AvgIpc) is 3.20. The van der Waals surface area contributed by atoms with Gasteiger partial charge in [-0.05, 0) is 0 Å². The fraction of sp³-hybridized carbons (Fsp3) is 0.231. The number of imidazole rings is 1. The second-order valence-electron chi connectivity index (χ2n) is 5.07. The van der Waals surface area contributed by atoms with Crippen molar-refractivity contribution in [3.05, 3.63) is 30.1 Å².